The molecule has 0 radical (unpaired) electrons. The first-order valence-electron chi connectivity index (χ1n) is 8.31. The maximum absolute atomic E-state index is 11.7. The highest BCUT2D eigenvalue weighted by atomic mass is 32.2. The lowest BCUT2D eigenvalue weighted by Gasteiger charge is -2.10. The summed E-state index contributed by atoms with van der Waals surface area (Å²) in [6, 6.07) is 8.40. The molecule has 2 heterocycles. The first-order valence-corrected chi connectivity index (χ1v) is 9.12. The Morgan fingerprint density at radius 2 is 1.82 bits per heavy atom. The van der Waals surface area contributed by atoms with Gasteiger partial charge in [-0.05, 0) is 74.5 Å². The smallest absolute Gasteiger partial charge is 0.342 e. The van der Waals surface area contributed by atoms with Crippen LogP contribution in [0.1, 0.15) is 33.1 Å². The van der Waals surface area contributed by atoms with E-state index in [1.165, 1.54) is 12.1 Å². The first-order chi connectivity index (χ1) is 13.3. The molecule has 3 rings (SSSR count). The fourth-order valence-electron chi connectivity index (χ4n) is 2.83. The standard InChI is InChI=1S/C19H18N4O4S/c1-10-8-14(9-16(18(26)27)28-19-20-12(3)21-22-19)11(2)23(10)15-6-4-13(5-7-15)17(24)25/h4-9H,1-3H3,(H,24,25)(H,26,27)(H,20,21,22)/b16-9-. The number of aliphatic carboxylic acids is 1. The maximum Gasteiger partial charge on any atom is 0.342 e. The van der Waals surface area contributed by atoms with Crippen molar-refractivity contribution in [3.05, 3.63) is 63.6 Å². The van der Waals surface area contributed by atoms with E-state index in [4.69, 9.17) is 5.11 Å². The minimum Gasteiger partial charge on any atom is -0.478 e. The Kier molecular flexibility index (Phi) is 5.36. The Labute approximate surface area is 164 Å². The molecule has 0 saturated carbocycles. The maximum atomic E-state index is 11.7. The van der Waals surface area contributed by atoms with Gasteiger partial charge in [-0.25, -0.2) is 14.6 Å². The highest BCUT2D eigenvalue weighted by molar-refractivity contribution is 8.04. The van der Waals surface area contributed by atoms with Gasteiger partial charge in [0.1, 0.15) is 10.7 Å². The van der Waals surface area contributed by atoms with Gasteiger partial charge < -0.3 is 14.8 Å². The fraction of sp³-hybridized carbons (Fsp3) is 0.158. The number of H-pyrrole nitrogens is 1. The molecule has 3 aromatic rings. The van der Waals surface area contributed by atoms with E-state index in [1.807, 2.05) is 24.5 Å². The number of nitrogens with zero attached hydrogens (tertiary/aromatic N) is 3. The second kappa shape index (κ2) is 7.73. The molecule has 0 unspecified atom stereocenters. The number of carboxylic acid groups (broad SMARTS) is 2. The zero-order chi connectivity index (χ0) is 20.4. The number of aromatic carboxylic acids is 1. The van der Waals surface area contributed by atoms with Gasteiger partial charge in [0.05, 0.1) is 5.56 Å². The van der Waals surface area contributed by atoms with Gasteiger partial charge in [0.25, 0.3) is 0 Å². The molecule has 3 N–H and O–H groups in total. The monoisotopic (exact) mass is 398 g/mol. The molecule has 0 amide bonds. The van der Waals surface area contributed by atoms with Crippen LogP contribution in [0.15, 0.2) is 40.4 Å². The summed E-state index contributed by atoms with van der Waals surface area (Å²) in [5.74, 6) is -1.44. The van der Waals surface area contributed by atoms with E-state index in [1.54, 1.807) is 25.1 Å². The van der Waals surface area contributed by atoms with Crippen molar-refractivity contribution < 1.29 is 19.8 Å². The van der Waals surface area contributed by atoms with Crippen LogP contribution in [0.3, 0.4) is 0 Å². The Hall–Kier alpha value is -3.33. The van der Waals surface area contributed by atoms with E-state index in [0.29, 0.717) is 11.0 Å². The average molecular weight is 398 g/mol. The van der Waals surface area contributed by atoms with E-state index in [9.17, 15) is 14.7 Å². The van der Waals surface area contributed by atoms with Crippen molar-refractivity contribution in [2.75, 3.05) is 0 Å². The summed E-state index contributed by atoms with van der Waals surface area (Å²) in [6.45, 7) is 5.52. The SMILES string of the molecule is Cc1nc(S/C(=C\c2cc(C)n(-c3ccc(C(=O)O)cc3)c2C)C(=O)O)n[nH]1. The lowest BCUT2D eigenvalue weighted by atomic mass is 10.2. The van der Waals surface area contributed by atoms with Crippen molar-refractivity contribution in [1.82, 2.24) is 19.7 Å². The molecule has 0 aliphatic carbocycles. The van der Waals surface area contributed by atoms with Crippen LogP contribution >= 0.6 is 11.8 Å². The van der Waals surface area contributed by atoms with Crippen LogP contribution in [0.25, 0.3) is 11.8 Å². The minimum absolute atomic E-state index is 0.0977. The molecule has 0 fully saturated rings. The molecule has 0 atom stereocenters. The minimum atomic E-state index is -1.07. The van der Waals surface area contributed by atoms with Crippen molar-refractivity contribution in [2.24, 2.45) is 0 Å². The van der Waals surface area contributed by atoms with Gasteiger partial charge in [0.15, 0.2) is 0 Å². The Morgan fingerprint density at radius 1 is 1.14 bits per heavy atom. The summed E-state index contributed by atoms with van der Waals surface area (Å²) in [4.78, 5) is 26.9. The number of aryl methyl sites for hydroxylation is 2. The number of hydrogen-bond donors (Lipinski definition) is 3. The van der Waals surface area contributed by atoms with Gasteiger partial charge in [-0.3, -0.25) is 5.10 Å². The van der Waals surface area contributed by atoms with Crippen molar-refractivity contribution in [3.8, 4) is 5.69 Å². The molecule has 0 aliphatic heterocycles. The number of aromatic amines is 1. The Morgan fingerprint density at radius 3 is 2.36 bits per heavy atom. The highest BCUT2D eigenvalue weighted by Crippen LogP contribution is 2.29. The highest BCUT2D eigenvalue weighted by Gasteiger charge is 2.16. The summed E-state index contributed by atoms with van der Waals surface area (Å²) in [5, 5.41) is 25.6. The van der Waals surface area contributed by atoms with E-state index < -0.39 is 11.9 Å². The molecule has 0 bridgehead atoms. The van der Waals surface area contributed by atoms with Crippen LogP contribution in [0.5, 0.6) is 0 Å². The molecule has 0 aliphatic rings. The zero-order valence-corrected chi connectivity index (χ0v) is 16.2. The van der Waals surface area contributed by atoms with Crippen molar-refractivity contribution >= 4 is 29.8 Å². The molecule has 0 spiro atoms. The molecule has 1 aromatic carbocycles. The van der Waals surface area contributed by atoms with Gasteiger partial charge in [0, 0.05) is 17.1 Å². The normalized spacial score (nSPS) is 11.6. The molecular formula is C19H18N4O4S. The largest absolute Gasteiger partial charge is 0.478 e. The number of carboxylic acids is 2. The molecule has 8 nitrogen and oxygen atoms in total. The van der Waals surface area contributed by atoms with Crippen LogP contribution < -0.4 is 0 Å². The third-order valence-electron chi connectivity index (χ3n) is 4.12. The molecule has 9 heteroatoms. The summed E-state index contributed by atoms with van der Waals surface area (Å²) in [7, 11) is 0. The van der Waals surface area contributed by atoms with Crippen LogP contribution in [0, 0.1) is 20.8 Å². The zero-order valence-electron chi connectivity index (χ0n) is 15.4. The van der Waals surface area contributed by atoms with Gasteiger partial charge >= 0.3 is 11.9 Å². The summed E-state index contributed by atoms with van der Waals surface area (Å²) >= 11 is 0.971. The lowest BCUT2D eigenvalue weighted by molar-refractivity contribution is -0.131. The number of aromatic nitrogens is 4. The van der Waals surface area contributed by atoms with E-state index in [-0.39, 0.29) is 10.5 Å². The van der Waals surface area contributed by atoms with Crippen LogP contribution in [0.4, 0.5) is 0 Å². The Bertz CT molecular complexity index is 1080. The number of rotatable bonds is 6. The fourth-order valence-corrected chi connectivity index (χ4v) is 3.57. The number of carbonyl (C=O) groups is 2. The number of nitrogens with one attached hydrogen (secondary N) is 1. The van der Waals surface area contributed by atoms with Crippen molar-refractivity contribution in [3.63, 3.8) is 0 Å². The molecule has 0 saturated heterocycles. The Balaban J connectivity index is 1.98. The molecule has 28 heavy (non-hydrogen) atoms. The lowest BCUT2D eigenvalue weighted by Crippen LogP contribution is -2.01. The second-order valence-electron chi connectivity index (χ2n) is 6.13. The third-order valence-corrected chi connectivity index (χ3v) is 5.00. The van der Waals surface area contributed by atoms with Gasteiger partial charge in [-0.2, -0.15) is 0 Å². The predicted molar refractivity (Wildman–Crippen MR) is 105 cm³/mol. The van der Waals surface area contributed by atoms with Gasteiger partial charge in [-0.15, -0.1) is 5.10 Å². The molecular weight excluding hydrogens is 380 g/mol. The first kappa shape index (κ1) is 19.4. The molecule has 2 aromatic heterocycles. The number of hydrogen-bond acceptors (Lipinski definition) is 5. The molecule has 144 valence electrons. The van der Waals surface area contributed by atoms with Crippen LogP contribution in [-0.4, -0.2) is 41.9 Å². The van der Waals surface area contributed by atoms with Crippen molar-refractivity contribution in [1.29, 1.82) is 0 Å². The van der Waals surface area contributed by atoms with E-state index in [0.717, 1.165) is 34.4 Å². The number of benzene rings is 1. The summed E-state index contributed by atoms with van der Waals surface area (Å²) in [6.07, 6.45) is 1.59. The third kappa shape index (κ3) is 3.99. The van der Waals surface area contributed by atoms with E-state index in [2.05, 4.69) is 15.2 Å². The summed E-state index contributed by atoms with van der Waals surface area (Å²) in [5.41, 5.74) is 3.49. The van der Waals surface area contributed by atoms with E-state index >= 15 is 0 Å². The van der Waals surface area contributed by atoms with Crippen LogP contribution in [-0.2, 0) is 4.79 Å². The number of thioether (sulfide) groups is 1. The summed E-state index contributed by atoms with van der Waals surface area (Å²) < 4.78 is 1.94. The van der Waals surface area contributed by atoms with Gasteiger partial charge in [0.2, 0.25) is 5.16 Å². The van der Waals surface area contributed by atoms with Crippen molar-refractivity contribution in [2.45, 2.75) is 25.9 Å². The second-order valence-corrected chi connectivity index (χ2v) is 7.14. The predicted octanol–water partition coefficient (Wildman–Crippen LogP) is 3.44. The quantitative estimate of drug-likeness (QED) is 0.429. The van der Waals surface area contributed by atoms with Crippen LogP contribution in [0.2, 0.25) is 0 Å². The average Bonchev–Trinajstić information content (AvgIpc) is 3.17. The topological polar surface area (TPSA) is 121 Å². The van der Waals surface area contributed by atoms with Gasteiger partial charge in [-0.1, -0.05) is 0 Å².